The van der Waals surface area contributed by atoms with E-state index in [9.17, 15) is 8.42 Å². The van der Waals surface area contributed by atoms with Crippen LogP contribution in [0.15, 0.2) is 0 Å². The number of thiocarbonyl (C=S) groups is 1. The number of hydrogen-bond donors (Lipinski definition) is 1. The monoisotopic (exact) mass is 292 g/mol. The van der Waals surface area contributed by atoms with Gasteiger partial charge in [0, 0.05) is 17.7 Å². The summed E-state index contributed by atoms with van der Waals surface area (Å²) >= 11 is 5.09. The molecule has 0 aromatic heterocycles. The van der Waals surface area contributed by atoms with Crippen LogP contribution >= 0.6 is 12.2 Å². The number of hydrogen-bond acceptors (Lipinski definition) is 4. The fraction of sp³-hybridized carbons (Fsp3) is 0.917. The highest BCUT2D eigenvalue weighted by Gasteiger charge is 2.32. The van der Waals surface area contributed by atoms with Crippen molar-refractivity contribution in [3.05, 3.63) is 0 Å². The van der Waals surface area contributed by atoms with E-state index in [-0.39, 0.29) is 11.2 Å². The summed E-state index contributed by atoms with van der Waals surface area (Å²) in [6.07, 6.45) is 2.55. The van der Waals surface area contributed by atoms with Gasteiger partial charge in [0.2, 0.25) is 0 Å². The van der Waals surface area contributed by atoms with Crippen LogP contribution in [0.25, 0.3) is 0 Å². The number of rotatable bonds is 6. The summed E-state index contributed by atoms with van der Waals surface area (Å²) in [5.74, 6) is 0.566. The lowest BCUT2D eigenvalue weighted by molar-refractivity contribution is 0.172. The van der Waals surface area contributed by atoms with E-state index in [1.165, 1.54) is 0 Å². The Balaban J connectivity index is 2.39. The molecule has 0 aliphatic carbocycles. The molecule has 6 heteroatoms. The number of nitrogens with zero attached hydrogens (tertiary/aromatic N) is 1. The van der Waals surface area contributed by atoms with E-state index in [0.717, 1.165) is 25.9 Å². The van der Waals surface area contributed by atoms with Gasteiger partial charge in [-0.25, -0.2) is 8.42 Å². The zero-order valence-corrected chi connectivity index (χ0v) is 12.9. The third kappa shape index (κ3) is 4.48. The van der Waals surface area contributed by atoms with Gasteiger partial charge in [-0.15, -0.1) is 0 Å². The molecule has 0 aromatic rings. The fourth-order valence-electron chi connectivity index (χ4n) is 2.20. The molecule has 1 heterocycles. The third-order valence-corrected chi connectivity index (χ3v) is 6.12. The molecule has 1 rings (SSSR count). The zero-order chi connectivity index (χ0) is 13.8. The largest absolute Gasteiger partial charge is 0.393 e. The van der Waals surface area contributed by atoms with Crippen LogP contribution in [0.4, 0.5) is 0 Å². The molecular formula is C12H24N2O2S2. The van der Waals surface area contributed by atoms with Crippen LogP contribution in [-0.2, 0) is 9.84 Å². The van der Waals surface area contributed by atoms with Crippen molar-refractivity contribution in [3.8, 4) is 0 Å². The van der Waals surface area contributed by atoms with E-state index < -0.39 is 9.84 Å². The summed E-state index contributed by atoms with van der Waals surface area (Å²) < 4.78 is 23.3. The minimum Gasteiger partial charge on any atom is -0.393 e. The first-order chi connectivity index (χ1) is 8.29. The Hall–Kier alpha value is -0.200. The van der Waals surface area contributed by atoms with E-state index in [1.807, 2.05) is 6.92 Å². The lowest BCUT2D eigenvalue weighted by atomic mass is 9.80. The third-order valence-electron chi connectivity index (χ3n) is 3.79. The van der Waals surface area contributed by atoms with Crippen LogP contribution in [0.5, 0.6) is 0 Å². The van der Waals surface area contributed by atoms with Crippen LogP contribution in [0.1, 0.15) is 33.1 Å². The standard InChI is InChI=1S/C12H24N2O2S2/c1-3-9-18(15,16)10-8-14-6-4-12(2,5-7-14)11(13)17/h3-10H2,1-2H3,(H2,13,17). The predicted molar refractivity (Wildman–Crippen MR) is 79.5 cm³/mol. The second-order valence-corrected chi connectivity index (χ2v) is 8.16. The zero-order valence-electron chi connectivity index (χ0n) is 11.3. The smallest absolute Gasteiger partial charge is 0.151 e. The van der Waals surface area contributed by atoms with E-state index in [0.29, 0.717) is 23.7 Å². The molecule has 0 amide bonds. The molecule has 0 spiro atoms. The fourth-order valence-corrected chi connectivity index (χ4v) is 3.76. The lowest BCUT2D eigenvalue weighted by Gasteiger charge is -2.38. The molecular weight excluding hydrogens is 268 g/mol. The second kappa shape index (κ2) is 6.30. The first-order valence-electron chi connectivity index (χ1n) is 6.52. The molecule has 4 nitrogen and oxygen atoms in total. The van der Waals surface area contributed by atoms with Crippen molar-refractivity contribution in [2.24, 2.45) is 11.1 Å². The Bertz CT molecular complexity index is 385. The highest BCUT2D eigenvalue weighted by Crippen LogP contribution is 2.30. The number of sulfone groups is 1. The topological polar surface area (TPSA) is 63.4 Å². The minimum absolute atomic E-state index is 0.0475. The SMILES string of the molecule is CCCS(=O)(=O)CCN1CCC(C)(C(N)=S)CC1. The Morgan fingerprint density at radius 3 is 2.33 bits per heavy atom. The van der Waals surface area contributed by atoms with Gasteiger partial charge < -0.3 is 10.6 Å². The maximum Gasteiger partial charge on any atom is 0.151 e. The van der Waals surface area contributed by atoms with Crippen molar-refractivity contribution in [1.82, 2.24) is 4.90 Å². The van der Waals surface area contributed by atoms with Gasteiger partial charge >= 0.3 is 0 Å². The van der Waals surface area contributed by atoms with Crippen LogP contribution in [-0.4, -0.2) is 49.4 Å². The molecule has 2 N–H and O–H groups in total. The van der Waals surface area contributed by atoms with Gasteiger partial charge in [0.15, 0.2) is 9.84 Å². The van der Waals surface area contributed by atoms with Gasteiger partial charge in [0.1, 0.15) is 0 Å². The van der Waals surface area contributed by atoms with Crippen molar-refractivity contribution in [2.45, 2.75) is 33.1 Å². The van der Waals surface area contributed by atoms with Gasteiger partial charge in [0.05, 0.1) is 10.7 Å². The van der Waals surface area contributed by atoms with Gasteiger partial charge in [-0.2, -0.15) is 0 Å². The van der Waals surface area contributed by atoms with E-state index >= 15 is 0 Å². The molecule has 1 fully saturated rings. The molecule has 18 heavy (non-hydrogen) atoms. The maximum atomic E-state index is 11.6. The number of likely N-dealkylation sites (tertiary alicyclic amines) is 1. The van der Waals surface area contributed by atoms with Crippen LogP contribution in [0.3, 0.4) is 0 Å². The summed E-state index contributed by atoms with van der Waals surface area (Å²) in [6, 6.07) is 0. The Morgan fingerprint density at radius 2 is 1.89 bits per heavy atom. The average molecular weight is 292 g/mol. The van der Waals surface area contributed by atoms with Crippen molar-refractivity contribution >= 4 is 27.0 Å². The lowest BCUT2D eigenvalue weighted by Crippen LogP contribution is -2.45. The van der Waals surface area contributed by atoms with E-state index in [4.69, 9.17) is 18.0 Å². The number of piperidine rings is 1. The van der Waals surface area contributed by atoms with Crippen molar-refractivity contribution in [2.75, 3.05) is 31.1 Å². The van der Waals surface area contributed by atoms with Gasteiger partial charge in [-0.1, -0.05) is 26.1 Å². The Morgan fingerprint density at radius 1 is 1.33 bits per heavy atom. The van der Waals surface area contributed by atoms with Gasteiger partial charge in [-0.3, -0.25) is 0 Å². The average Bonchev–Trinajstić information content (AvgIpc) is 2.28. The Labute approximate surface area is 116 Å². The number of nitrogens with two attached hydrogens (primary N) is 1. The summed E-state index contributed by atoms with van der Waals surface area (Å²) in [4.78, 5) is 2.79. The molecule has 0 aromatic carbocycles. The Kier molecular flexibility index (Phi) is 5.55. The summed E-state index contributed by atoms with van der Waals surface area (Å²) in [7, 11) is -2.87. The molecule has 0 radical (unpaired) electrons. The molecule has 1 aliphatic rings. The molecule has 106 valence electrons. The normalized spacial score (nSPS) is 20.8. The molecule has 0 saturated carbocycles. The molecule has 0 bridgehead atoms. The van der Waals surface area contributed by atoms with E-state index in [1.54, 1.807) is 0 Å². The molecule has 0 atom stereocenters. The van der Waals surface area contributed by atoms with Gasteiger partial charge in [-0.05, 0) is 32.4 Å². The highest BCUT2D eigenvalue weighted by atomic mass is 32.2. The second-order valence-electron chi connectivity index (χ2n) is 5.42. The molecule has 1 saturated heterocycles. The summed E-state index contributed by atoms with van der Waals surface area (Å²) in [5, 5.41) is 0. The van der Waals surface area contributed by atoms with Crippen molar-refractivity contribution in [1.29, 1.82) is 0 Å². The van der Waals surface area contributed by atoms with Crippen molar-refractivity contribution < 1.29 is 8.42 Å². The summed E-state index contributed by atoms with van der Waals surface area (Å²) in [5.41, 5.74) is 5.70. The minimum atomic E-state index is -2.87. The van der Waals surface area contributed by atoms with Crippen LogP contribution in [0, 0.1) is 5.41 Å². The van der Waals surface area contributed by atoms with Gasteiger partial charge in [0.25, 0.3) is 0 Å². The quantitative estimate of drug-likeness (QED) is 0.745. The molecule has 0 unspecified atom stereocenters. The first kappa shape index (κ1) is 15.9. The van der Waals surface area contributed by atoms with Crippen LogP contribution < -0.4 is 5.73 Å². The molecule has 1 aliphatic heterocycles. The van der Waals surface area contributed by atoms with Crippen LogP contribution in [0.2, 0.25) is 0 Å². The first-order valence-corrected chi connectivity index (χ1v) is 8.75. The van der Waals surface area contributed by atoms with Crippen molar-refractivity contribution in [3.63, 3.8) is 0 Å². The highest BCUT2D eigenvalue weighted by molar-refractivity contribution is 7.91. The maximum absolute atomic E-state index is 11.6. The predicted octanol–water partition coefficient (Wildman–Crippen LogP) is 1.20. The van der Waals surface area contributed by atoms with E-state index in [2.05, 4.69) is 11.8 Å². The summed E-state index contributed by atoms with van der Waals surface area (Å²) in [6.45, 7) is 6.40.